The Balaban J connectivity index is 1.51. The molecule has 1 saturated carbocycles. The van der Waals surface area contributed by atoms with Gasteiger partial charge in [-0.2, -0.15) is 0 Å². The quantitative estimate of drug-likeness (QED) is 0.767. The topological polar surface area (TPSA) is 69.8 Å². The molecular formula is C14H20N4O. The predicted octanol–water partition coefficient (Wildman–Crippen LogP) is 1.34. The van der Waals surface area contributed by atoms with Crippen molar-refractivity contribution in [3.05, 3.63) is 22.2 Å². The molecule has 4 rings (SSSR count). The Bertz CT molecular complexity index is 524. The molecule has 3 N–H and O–H groups in total. The molecule has 0 amide bonds. The number of aromatic amines is 1. The molecule has 3 fully saturated rings. The molecule has 5 nitrogen and oxygen atoms in total. The van der Waals surface area contributed by atoms with E-state index in [1.807, 2.05) is 0 Å². The Morgan fingerprint density at radius 2 is 1.89 bits per heavy atom. The van der Waals surface area contributed by atoms with Crippen LogP contribution in [-0.2, 0) is 0 Å². The highest BCUT2D eigenvalue weighted by atomic mass is 16.1. The van der Waals surface area contributed by atoms with Crippen molar-refractivity contribution < 1.29 is 0 Å². The maximum absolute atomic E-state index is 11.7. The summed E-state index contributed by atoms with van der Waals surface area (Å²) in [6, 6.07) is 3.36. The molecule has 0 aromatic carbocycles. The van der Waals surface area contributed by atoms with Crippen LogP contribution < -0.4 is 16.2 Å². The zero-order chi connectivity index (χ0) is 12.8. The van der Waals surface area contributed by atoms with Gasteiger partial charge in [-0.3, -0.25) is 4.79 Å². The fourth-order valence-corrected chi connectivity index (χ4v) is 3.48. The minimum atomic E-state index is -0.0312. The van der Waals surface area contributed by atoms with E-state index in [4.69, 9.17) is 0 Å². The maximum atomic E-state index is 11.7. The molecule has 2 aliphatic heterocycles. The van der Waals surface area contributed by atoms with Crippen LogP contribution in [0.5, 0.6) is 0 Å². The Hall–Kier alpha value is -1.36. The van der Waals surface area contributed by atoms with Crippen molar-refractivity contribution in [3.8, 4) is 0 Å². The first kappa shape index (κ1) is 11.5. The number of aromatic nitrogens is 2. The maximum Gasteiger partial charge on any atom is 0.252 e. The van der Waals surface area contributed by atoms with Gasteiger partial charge in [0.1, 0.15) is 11.6 Å². The van der Waals surface area contributed by atoms with Crippen LogP contribution in [0.1, 0.15) is 50.3 Å². The average Bonchev–Trinajstić information content (AvgIpc) is 3.15. The van der Waals surface area contributed by atoms with Gasteiger partial charge in [-0.1, -0.05) is 0 Å². The zero-order valence-electron chi connectivity index (χ0n) is 11.0. The summed E-state index contributed by atoms with van der Waals surface area (Å²) in [4.78, 5) is 19.1. The van der Waals surface area contributed by atoms with Gasteiger partial charge in [-0.15, -0.1) is 0 Å². The smallest absolute Gasteiger partial charge is 0.252 e. The van der Waals surface area contributed by atoms with E-state index in [0.717, 1.165) is 37.3 Å². The molecule has 102 valence electrons. The second kappa shape index (κ2) is 4.34. The van der Waals surface area contributed by atoms with Crippen LogP contribution in [0.2, 0.25) is 0 Å². The van der Waals surface area contributed by atoms with Crippen LogP contribution in [0.25, 0.3) is 0 Å². The SMILES string of the molecule is O=c1cc(NC2CC3CCC(C2)N3)nc(C2CC2)[nH]1. The van der Waals surface area contributed by atoms with Crippen molar-refractivity contribution in [1.29, 1.82) is 0 Å². The number of piperidine rings is 1. The lowest BCUT2D eigenvalue weighted by molar-refractivity contribution is 0.377. The largest absolute Gasteiger partial charge is 0.367 e. The van der Waals surface area contributed by atoms with Crippen LogP contribution in [0.4, 0.5) is 5.82 Å². The van der Waals surface area contributed by atoms with Crippen LogP contribution in [0.15, 0.2) is 10.9 Å². The molecule has 1 aromatic rings. The molecule has 5 heteroatoms. The highest BCUT2D eigenvalue weighted by Gasteiger charge is 2.33. The molecule has 2 atom stereocenters. The van der Waals surface area contributed by atoms with E-state index in [9.17, 15) is 4.79 Å². The van der Waals surface area contributed by atoms with E-state index in [1.54, 1.807) is 6.07 Å². The van der Waals surface area contributed by atoms with Crippen molar-refractivity contribution in [1.82, 2.24) is 15.3 Å². The number of fused-ring (bicyclic) bond motifs is 2. The summed E-state index contributed by atoms with van der Waals surface area (Å²) in [6.45, 7) is 0. The van der Waals surface area contributed by atoms with E-state index in [2.05, 4.69) is 20.6 Å². The standard InChI is InChI=1S/C14H20N4O/c19-13-7-12(17-14(18-13)8-1-2-8)16-11-5-9-3-4-10(6-11)15-9/h7-11,15H,1-6H2,(H2,16,17,18,19). The molecule has 1 aromatic heterocycles. The third-order valence-electron chi connectivity index (χ3n) is 4.55. The fraction of sp³-hybridized carbons (Fsp3) is 0.714. The Morgan fingerprint density at radius 1 is 1.16 bits per heavy atom. The molecular weight excluding hydrogens is 240 g/mol. The molecule has 3 aliphatic rings. The Morgan fingerprint density at radius 3 is 2.58 bits per heavy atom. The summed E-state index contributed by atoms with van der Waals surface area (Å²) < 4.78 is 0. The van der Waals surface area contributed by atoms with E-state index in [-0.39, 0.29) is 5.56 Å². The second-order valence-electron chi connectivity index (χ2n) is 6.24. The van der Waals surface area contributed by atoms with Crippen LogP contribution in [0, 0.1) is 0 Å². The van der Waals surface area contributed by atoms with Crippen molar-refractivity contribution in [3.63, 3.8) is 0 Å². The third-order valence-corrected chi connectivity index (χ3v) is 4.55. The van der Waals surface area contributed by atoms with Crippen molar-refractivity contribution >= 4 is 5.82 Å². The van der Waals surface area contributed by atoms with E-state index < -0.39 is 0 Å². The summed E-state index contributed by atoms with van der Waals surface area (Å²) in [7, 11) is 0. The van der Waals surface area contributed by atoms with Gasteiger partial charge in [0, 0.05) is 30.1 Å². The van der Waals surface area contributed by atoms with Gasteiger partial charge >= 0.3 is 0 Å². The molecule has 3 heterocycles. The minimum Gasteiger partial charge on any atom is -0.367 e. The van der Waals surface area contributed by atoms with Crippen molar-refractivity contribution in [2.75, 3.05) is 5.32 Å². The van der Waals surface area contributed by atoms with Gasteiger partial charge in [-0.05, 0) is 38.5 Å². The average molecular weight is 260 g/mol. The van der Waals surface area contributed by atoms with Gasteiger partial charge in [0.2, 0.25) is 0 Å². The summed E-state index contributed by atoms with van der Waals surface area (Å²) in [6.07, 6.45) is 7.18. The predicted molar refractivity (Wildman–Crippen MR) is 73.4 cm³/mol. The van der Waals surface area contributed by atoms with Gasteiger partial charge in [0.25, 0.3) is 5.56 Å². The lowest BCUT2D eigenvalue weighted by Crippen LogP contribution is -2.43. The molecule has 19 heavy (non-hydrogen) atoms. The first-order valence-electron chi connectivity index (χ1n) is 7.40. The molecule has 1 aliphatic carbocycles. The monoisotopic (exact) mass is 260 g/mol. The molecule has 2 saturated heterocycles. The number of hydrogen-bond acceptors (Lipinski definition) is 4. The summed E-state index contributed by atoms with van der Waals surface area (Å²) in [5.74, 6) is 2.11. The lowest BCUT2D eigenvalue weighted by Gasteiger charge is -2.30. The molecule has 0 radical (unpaired) electrons. The zero-order valence-corrected chi connectivity index (χ0v) is 11.0. The fourth-order valence-electron chi connectivity index (χ4n) is 3.48. The summed E-state index contributed by atoms with van der Waals surface area (Å²) >= 11 is 0. The minimum absolute atomic E-state index is 0.0312. The van der Waals surface area contributed by atoms with Crippen LogP contribution in [0.3, 0.4) is 0 Å². The van der Waals surface area contributed by atoms with Crippen molar-refractivity contribution in [2.45, 2.75) is 62.6 Å². The summed E-state index contributed by atoms with van der Waals surface area (Å²) in [5, 5.41) is 7.10. The van der Waals surface area contributed by atoms with E-state index in [0.29, 0.717) is 24.0 Å². The first-order valence-corrected chi connectivity index (χ1v) is 7.40. The number of anilines is 1. The number of H-pyrrole nitrogens is 1. The van der Waals surface area contributed by atoms with Gasteiger partial charge < -0.3 is 15.6 Å². The normalized spacial score (nSPS) is 33.4. The molecule has 2 bridgehead atoms. The lowest BCUT2D eigenvalue weighted by atomic mass is 10.00. The molecule has 0 spiro atoms. The van der Waals surface area contributed by atoms with Gasteiger partial charge in [0.15, 0.2) is 0 Å². The van der Waals surface area contributed by atoms with Crippen LogP contribution >= 0.6 is 0 Å². The highest BCUT2D eigenvalue weighted by Crippen LogP contribution is 2.37. The highest BCUT2D eigenvalue weighted by molar-refractivity contribution is 5.35. The van der Waals surface area contributed by atoms with Gasteiger partial charge in [0.05, 0.1) is 0 Å². The Labute approximate surface area is 112 Å². The number of nitrogens with one attached hydrogen (secondary N) is 3. The van der Waals surface area contributed by atoms with E-state index in [1.165, 1.54) is 12.8 Å². The number of hydrogen-bond donors (Lipinski definition) is 3. The number of rotatable bonds is 3. The third kappa shape index (κ3) is 2.39. The van der Waals surface area contributed by atoms with Gasteiger partial charge in [-0.25, -0.2) is 4.98 Å². The Kier molecular flexibility index (Phi) is 2.62. The van der Waals surface area contributed by atoms with Crippen LogP contribution in [-0.4, -0.2) is 28.1 Å². The first-order chi connectivity index (χ1) is 9.26. The molecule has 2 unspecified atom stereocenters. The van der Waals surface area contributed by atoms with E-state index >= 15 is 0 Å². The number of nitrogens with zero attached hydrogens (tertiary/aromatic N) is 1. The van der Waals surface area contributed by atoms with Crippen molar-refractivity contribution in [2.24, 2.45) is 0 Å². The summed E-state index contributed by atoms with van der Waals surface area (Å²) in [5.41, 5.74) is -0.0312. The second-order valence-corrected chi connectivity index (χ2v) is 6.24.